The van der Waals surface area contributed by atoms with E-state index in [4.69, 9.17) is 11.6 Å². The smallest absolute Gasteiger partial charge is 0.131 e. The van der Waals surface area contributed by atoms with Gasteiger partial charge in [0.15, 0.2) is 0 Å². The number of aromatic amines is 1. The third-order valence-electron chi connectivity index (χ3n) is 2.45. The minimum absolute atomic E-state index is 0.689. The van der Waals surface area contributed by atoms with Gasteiger partial charge in [0.1, 0.15) is 5.15 Å². The average Bonchev–Trinajstić information content (AvgIpc) is 2.82. The number of H-pyrrole nitrogens is 1. The zero-order valence-electron chi connectivity index (χ0n) is 9.29. The van der Waals surface area contributed by atoms with Crippen molar-refractivity contribution in [3.05, 3.63) is 34.4 Å². The van der Waals surface area contributed by atoms with Crippen molar-refractivity contribution in [2.45, 2.75) is 20.0 Å². The summed E-state index contributed by atoms with van der Waals surface area (Å²) in [6.07, 6.45) is 1.74. The van der Waals surface area contributed by atoms with E-state index < -0.39 is 0 Å². The van der Waals surface area contributed by atoms with Crippen LogP contribution >= 0.6 is 11.6 Å². The van der Waals surface area contributed by atoms with Gasteiger partial charge < -0.3 is 5.32 Å². The van der Waals surface area contributed by atoms with E-state index in [2.05, 4.69) is 20.6 Å². The lowest BCUT2D eigenvalue weighted by atomic mass is 10.2. The van der Waals surface area contributed by atoms with E-state index in [0.29, 0.717) is 11.7 Å². The quantitative estimate of drug-likeness (QED) is 0.848. The Morgan fingerprint density at radius 2 is 2.31 bits per heavy atom. The van der Waals surface area contributed by atoms with Crippen LogP contribution in [0.3, 0.4) is 0 Å². The molecular weight excluding hydrogens is 226 g/mol. The topological polar surface area (TPSA) is 58.5 Å². The van der Waals surface area contributed by atoms with Crippen LogP contribution in [0.15, 0.2) is 12.3 Å². The molecule has 0 fully saturated rings. The molecule has 0 aliphatic carbocycles. The first-order valence-corrected chi connectivity index (χ1v) is 5.43. The summed E-state index contributed by atoms with van der Waals surface area (Å²) in [4.78, 5) is 0. The highest BCUT2D eigenvalue weighted by Gasteiger charge is 2.10. The summed E-state index contributed by atoms with van der Waals surface area (Å²) in [6, 6.07) is 1.94. The molecule has 0 aliphatic rings. The van der Waals surface area contributed by atoms with E-state index in [0.717, 1.165) is 23.5 Å². The van der Waals surface area contributed by atoms with Gasteiger partial charge in [-0.15, -0.1) is 0 Å². The molecule has 2 rings (SSSR count). The van der Waals surface area contributed by atoms with Gasteiger partial charge in [-0.05, 0) is 13.0 Å². The van der Waals surface area contributed by atoms with E-state index in [1.807, 2.05) is 20.0 Å². The van der Waals surface area contributed by atoms with Gasteiger partial charge in [-0.2, -0.15) is 10.2 Å². The molecule has 0 saturated carbocycles. The molecule has 2 heterocycles. The Labute approximate surface area is 98.8 Å². The van der Waals surface area contributed by atoms with Crippen LogP contribution in [-0.2, 0) is 20.1 Å². The van der Waals surface area contributed by atoms with Crippen LogP contribution in [-0.4, -0.2) is 20.0 Å². The molecule has 86 valence electrons. The monoisotopic (exact) mass is 239 g/mol. The molecule has 2 N–H and O–H groups in total. The zero-order valence-corrected chi connectivity index (χ0v) is 10.0. The Hall–Kier alpha value is -1.33. The summed E-state index contributed by atoms with van der Waals surface area (Å²) in [5, 5.41) is 15.0. The van der Waals surface area contributed by atoms with Gasteiger partial charge in [0, 0.05) is 37.6 Å². The first-order valence-electron chi connectivity index (χ1n) is 5.05. The van der Waals surface area contributed by atoms with Crippen molar-refractivity contribution in [2.24, 2.45) is 7.05 Å². The van der Waals surface area contributed by atoms with Crippen molar-refractivity contribution in [1.82, 2.24) is 25.3 Å². The van der Waals surface area contributed by atoms with Gasteiger partial charge in [0.05, 0.1) is 5.69 Å². The second-order valence-electron chi connectivity index (χ2n) is 3.66. The fourth-order valence-electron chi connectivity index (χ4n) is 1.58. The largest absolute Gasteiger partial charge is 0.307 e. The maximum absolute atomic E-state index is 6.12. The lowest BCUT2D eigenvalue weighted by Crippen LogP contribution is -2.13. The molecule has 0 amide bonds. The number of hydrogen-bond acceptors (Lipinski definition) is 3. The number of aryl methyl sites for hydroxylation is 2. The summed E-state index contributed by atoms with van der Waals surface area (Å²) >= 11 is 6.12. The van der Waals surface area contributed by atoms with E-state index >= 15 is 0 Å². The van der Waals surface area contributed by atoms with Crippen molar-refractivity contribution in [3.63, 3.8) is 0 Å². The molecule has 0 unspecified atom stereocenters. The van der Waals surface area contributed by atoms with Gasteiger partial charge in [0.2, 0.25) is 0 Å². The second-order valence-corrected chi connectivity index (χ2v) is 4.02. The fraction of sp³-hybridized carbons (Fsp3) is 0.400. The number of nitrogens with one attached hydrogen (secondary N) is 2. The number of hydrogen-bond donors (Lipinski definition) is 2. The SMILES string of the molecule is Cc1nn(C)c(Cl)c1CNCc1ccn[nH]1. The standard InChI is InChI=1S/C10H14ClN5/c1-7-9(10(11)16(2)15-7)6-12-5-8-3-4-13-14-8/h3-4,12H,5-6H2,1-2H3,(H,13,14). The molecule has 16 heavy (non-hydrogen) atoms. The van der Waals surface area contributed by atoms with Crippen LogP contribution < -0.4 is 5.32 Å². The van der Waals surface area contributed by atoms with E-state index in [1.54, 1.807) is 10.9 Å². The molecular formula is C10H14ClN5. The van der Waals surface area contributed by atoms with Crippen molar-refractivity contribution in [2.75, 3.05) is 0 Å². The Bertz CT molecular complexity index is 460. The highest BCUT2D eigenvalue weighted by atomic mass is 35.5. The highest BCUT2D eigenvalue weighted by molar-refractivity contribution is 6.30. The third-order valence-corrected chi connectivity index (χ3v) is 2.92. The van der Waals surface area contributed by atoms with Crippen molar-refractivity contribution in [1.29, 1.82) is 0 Å². The van der Waals surface area contributed by atoms with Gasteiger partial charge in [0.25, 0.3) is 0 Å². The summed E-state index contributed by atoms with van der Waals surface area (Å²) in [5.74, 6) is 0. The Balaban J connectivity index is 1.95. The molecule has 6 heteroatoms. The van der Waals surface area contributed by atoms with Crippen LogP contribution in [0.1, 0.15) is 17.0 Å². The lowest BCUT2D eigenvalue weighted by molar-refractivity contribution is 0.675. The minimum atomic E-state index is 0.689. The molecule has 0 spiro atoms. The van der Waals surface area contributed by atoms with Gasteiger partial charge in [-0.25, -0.2) is 0 Å². The van der Waals surface area contributed by atoms with Crippen LogP contribution in [0.5, 0.6) is 0 Å². The fourth-order valence-corrected chi connectivity index (χ4v) is 1.82. The molecule has 0 atom stereocenters. The predicted molar refractivity (Wildman–Crippen MR) is 62.1 cm³/mol. The first kappa shape index (κ1) is 11.2. The predicted octanol–water partition coefficient (Wildman–Crippen LogP) is 1.39. The third kappa shape index (κ3) is 2.25. The second kappa shape index (κ2) is 4.67. The van der Waals surface area contributed by atoms with Gasteiger partial charge in [-0.1, -0.05) is 11.6 Å². The summed E-state index contributed by atoms with van der Waals surface area (Å²) in [6.45, 7) is 3.40. The molecule has 0 bridgehead atoms. The van der Waals surface area contributed by atoms with Crippen LogP contribution in [0, 0.1) is 6.92 Å². The Morgan fingerprint density at radius 1 is 1.50 bits per heavy atom. The van der Waals surface area contributed by atoms with Gasteiger partial charge >= 0.3 is 0 Å². The zero-order chi connectivity index (χ0) is 11.5. The minimum Gasteiger partial charge on any atom is -0.307 e. The number of nitrogens with zero attached hydrogens (tertiary/aromatic N) is 3. The van der Waals surface area contributed by atoms with E-state index in [9.17, 15) is 0 Å². The molecule has 5 nitrogen and oxygen atoms in total. The first-order chi connectivity index (χ1) is 7.68. The maximum atomic E-state index is 6.12. The van der Waals surface area contributed by atoms with Gasteiger partial charge in [-0.3, -0.25) is 9.78 Å². The van der Waals surface area contributed by atoms with Crippen molar-refractivity contribution in [3.8, 4) is 0 Å². The number of rotatable bonds is 4. The van der Waals surface area contributed by atoms with E-state index in [1.165, 1.54) is 0 Å². The van der Waals surface area contributed by atoms with Crippen molar-refractivity contribution < 1.29 is 0 Å². The molecule has 0 saturated heterocycles. The molecule has 0 aromatic carbocycles. The number of aromatic nitrogens is 4. The van der Waals surface area contributed by atoms with Crippen LogP contribution in [0.4, 0.5) is 0 Å². The van der Waals surface area contributed by atoms with E-state index in [-0.39, 0.29) is 0 Å². The number of halogens is 1. The van der Waals surface area contributed by atoms with Crippen LogP contribution in [0.25, 0.3) is 0 Å². The lowest BCUT2D eigenvalue weighted by Gasteiger charge is -2.02. The summed E-state index contributed by atoms with van der Waals surface area (Å²) in [5.41, 5.74) is 3.06. The molecule has 2 aromatic heterocycles. The summed E-state index contributed by atoms with van der Waals surface area (Å²) in [7, 11) is 1.84. The Morgan fingerprint density at radius 3 is 2.88 bits per heavy atom. The summed E-state index contributed by atoms with van der Waals surface area (Å²) < 4.78 is 1.68. The Kier molecular flexibility index (Phi) is 3.26. The normalized spacial score (nSPS) is 10.9. The van der Waals surface area contributed by atoms with Crippen molar-refractivity contribution >= 4 is 11.6 Å². The highest BCUT2D eigenvalue weighted by Crippen LogP contribution is 2.18. The molecule has 0 radical (unpaired) electrons. The molecule has 0 aliphatic heterocycles. The van der Waals surface area contributed by atoms with Crippen LogP contribution in [0.2, 0.25) is 5.15 Å². The average molecular weight is 240 g/mol. The maximum Gasteiger partial charge on any atom is 0.131 e. The molecule has 2 aromatic rings.